The summed E-state index contributed by atoms with van der Waals surface area (Å²) in [5.74, 6) is -0.171. The van der Waals surface area contributed by atoms with Crippen molar-refractivity contribution >= 4 is 22.6 Å². The normalized spacial score (nSPS) is 16.5. The van der Waals surface area contributed by atoms with Crippen molar-refractivity contribution in [3.8, 4) is 0 Å². The number of aromatic amines is 1. The average Bonchev–Trinajstić information content (AvgIpc) is 2.96. The Morgan fingerprint density at radius 1 is 1.33 bits per heavy atom. The highest BCUT2D eigenvalue weighted by molar-refractivity contribution is 6.00. The molecule has 1 fully saturated rings. The number of carbonyl (C=O) groups excluding carboxylic acids is 1. The molecule has 0 aliphatic carbocycles. The Morgan fingerprint density at radius 2 is 2.08 bits per heavy atom. The lowest BCUT2D eigenvalue weighted by molar-refractivity contribution is -0.136. The zero-order chi connectivity index (χ0) is 17.2. The zero-order valence-electron chi connectivity index (χ0n) is 12.8. The van der Waals surface area contributed by atoms with Crippen molar-refractivity contribution in [2.75, 3.05) is 38.2 Å². The molecule has 130 valence electrons. The number of hydrogen-bond acceptors (Lipinski definition) is 4. The molecule has 2 heterocycles. The SMILES string of the molecule is O=C(CCN1CCOCC1)Nc1n[nH]c2c(C(F)(F)F)cccc12. The smallest absolute Gasteiger partial charge is 0.379 e. The van der Waals surface area contributed by atoms with Crippen LogP contribution in [0.25, 0.3) is 10.9 Å². The van der Waals surface area contributed by atoms with Crippen LogP contribution in [0, 0.1) is 0 Å². The van der Waals surface area contributed by atoms with Crippen LogP contribution in [0.3, 0.4) is 0 Å². The van der Waals surface area contributed by atoms with Crippen molar-refractivity contribution in [3.63, 3.8) is 0 Å². The Morgan fingerprint density at radius 3 is 2.79 bits per heavy atom. The molecule has 1 aliphatic rings. The fraction of sp³-hybridized carbons (Fsp3) is 0.467. The Hall–Kier alpha value is -2.13. The van der Waals surface area contributed by atoms with Gasteiger partial charge in [0.1, 0.15) is 0 Å². The number of fused-ring (bicyclic) bond motifs is 1. The van der Waals surface area contributed by atoms with Gasteiger partial charge in [-0.05, 0) is 12.1 Å². The number of hydrogen-bond donors (Lipinski definition) is 2. The van der Waals surface area contributed by atoms with Crippen LogP contribution < -0.4 is 5.32 Å². The van der Waals surface area contributed by atoms with Crippen LogP contribution in [0.15, 0.2) is 18.2 Å². The second-order valence-corrected chi connectivity index (χ2v) is 5.55. The summed E-state index contributed by atoms with van der Waals surface area (Å²) in [5.41, 5.74) is -0.935. The molecule has 6 nitrogen and oxygen atoms in total. The van der Waals surface area contributed by atoms with E-state index in [0.717, 1.165) is 19.2 Å². The number of rotatable bonds is 4. The van der Waals surface area contributed by atoms with Crippen LogP contribution in [0.4, 0.5) is 19.0 Å². The zero-order valence-corrected chi connectivity index (χ0v) is 12.8. The lowest BCUT2D eigenvalue weighted by atomic mass is 10.1. The molecule has 24 heavy (non-hydrogen) atoms. The van der Waals surface area contributed by atoms with Gasteiger partial charge in [-0.2, -0.15) is 18.3 Å². The predicted octanol–water partition coefficient (Wildman–Crippen LogP) is 2.24. The van der Waals surface area contributed by atoms with E-state index in [2.05, 4.69) is 20.4 Å². The number of nitrogens with one attached hydrogen (secondary N) is 2. The number of aromatic nitrogens is 2. The minimum absolute atomic E-state index is 0.114. The van der Waals surface area contributed by atoms with Crippen molar-refractivity contribution < 1.29 is 22.7 Å². The number of halogens is 3. The molecule has 0 bridgehead atoms. The van der Waals surface area contributed by atoms with Gasteiger partial charge < -0.3 is 10.1 Å². The summed E-state index contributed by atoms with van der Waals surface area (Å²) >= 11 is 0. The quantitative estimate of drug-likeness (QED) is 0.894. The summed E-state index contributed by atoms with van der Waals surface area (Å²) < 4.78 is 44.1. The first kappa shape index (κ1) is 16.7. The summed E-state index contributed by atoms with van der Waals surface area (Å²) in [4.78, 5) is 14.1. The Kier molecular flexibility index (Phi) is 4.72. The Labute approximate surface area is 136 Å². The van der Waals surface area contributed by atoms with E-state index in [4.69, 9.17) is 4.74 Å². The van der Waals surface area contributed by atoms with Crippen molar-refractivity contribution in [1.29, 1.82) is 0 Å². The van der Waals surface area contributed by atoms with E-state index < -0.39 is 11.7 Å². The number of carbonyl (C=O) groups is 1. The molecule has 0 unspecified atom stereocenters. The van der Waals surface area contributed by atoms with Crippen LogP contribution in [-0.4, -0.2) is 53.9 Å². The maximum absolute atomic E-state index is 13.0. The molecular weight excluding hydrogens is 325 g/mol. The maximum Gasteiger partial charge on any atom is 0.418 e. The number of amides is 1. The molecule has 2 aromatic rings. The third-order valence-electron chi connectivity index (χ3n) is 3.92. The van der Waals surface area contributed by atoms with Gasteiger partial charge in [0, 0.05) is 31.4 Å². The molecule has 0 saturated carbocycles. The van der Waals surface area contributed by atoms with Crippen molar-refractivity contribution in [2.24, 2.45) is 0 Å². The highest BCUT2D eigenvalue weighted by atomic mass is 19.4. The third kappa shape index (κ3) is 3.68. The van der Waals surface area contributed by atoms with E-state index in [0.29, 0.717) is 19.8 Å². The number of alkyl halides is 3. The van der Waals surface area contributed by atoms with E-state index >= 15 is 0 Å². The van der Waals surface area contributed by atoms with Crippen molar-refractivity contribution in [2.45, 2.75) is 12.6 Å². The summed E-state index contributed by atoms with van der Waals surface area (Å²) in [7, 11) is 0. The van der Waals surface area contributed by atoms with Gasteiger partial charge >= 0.3 is 6.18 Å². The highest BCUT2D eigenvalue weighted by Gasteiger charge is 2.33. The Balaban J connectivity index is 1.68. The van der Waals surface area contributed by atoms with Gasteiger partial charge in [-0.25, -0.2) is 0 Å². The first-order chi connectivity index (χ1) is 11.4. The summed E-state index contributed by atoms with van der Waals surface area (Å²) in [6, 6.07) is 3.76. The molecular formula is C15H17F3N4O2. The lowest BCUT2D eigenvalue weighted by Gasteiger charge is -2.26. The minimum Gasteiger partial charge on any atom is -0.379 e. The van der Waals surface area contributed by atoms with E-state index in [1.165, 1.54) is 12.1 Å². The molecule has 0 radical (unpaired) electrons. The van der Waals surface area contributed by atoms with Gasteiger partial charge in [-0.3, -0.25) is 14.8 Å². The van der Waals surface area contributed by atoms with Gasteiger partial charge in [-0.15, -0.1) is 0 Å². The lowest BCUT2D eigenvalue weighted by Crippen LogP contribution is -2.38. The molecule has 3 rings (SSSR count). The van der Waals surface area contributed by atoms with Gasteiger partial charge in [0.05, 0.1) is 24.3 Å². The highest BCUT2D eigenvalue weighted by Crippen LogP contribution is 2.35. The van der Waals surface area contributed by atoms with Gasteiger partial charge in [0.2, 0.25) is 5.91 Å². The standard InChI is InChI=1S/C15H17F3N4O2/c16-15(17,18)11-3-1-2-10-13(11)20-21-14(10)19-12(23)4-5-22-6-8-24-9-7-22/h1-3H,4-9H2,(H2,19,20,21,23). The van der Waals surface area contributed by atoms with Crippen LogP contribution in [0.2, 0.25) is 0 Å². The first-order valence-corrected chi connectivity index (χ1v) is 7.59. The number of para-hydroxylation sites is 1. The average molecular weight is 342 g/mol. The topological polar surface area (TPSA) is 70.2 Å². The largest absolute Gasteiger partial charge is 0.418 e. The van der Waals surface area contributed by atoms with Crippen molar-refractivity contribution in [1.82, 2.24) is 15.1 Å². The summed E-state index contributed by atoms with van der Waals surface area (Å²) in [6.45, 7) is 3.41. The number of H-pyrrole nitrogens is 1. The van der Waals surface area contributed by atoms with Crippen LogP contribution >= 0.6 is 0 Å². The van der Waals surface area contributed by atoms with Crippen LogP contribution in [0.1, 0.15) is 12.0 Å². The maximum atomic E-state index is 13.0. The molecule has 1 aromatic heterocycles. The van der Waals surface area contributed by atoms with E-state index in [9.17, 15) is 18.0 Å². The molecule has 1 saturated heterocycles. The van der Waals surface area contributed by atoms with Crippen LogP contribution in [0.5, 0.6) is 0 Å². The number of anilines is 1. The first-order valence-electron chi connectivity index (χ1n) is 7.59. The van der Waals surface area contributed by atoms with Gasteiger partial charge in [-0.1, -0.05) is 6.07 Å². The monoisotopic (exact) mass is 342 g/mol. The number of morpholine rings is 1. The molecule has 9 heteroatoms. The third-order valence-corrected chi connectivity index (χ3v) is 3.92. The number of benzene rings is 1. The molecule has 2 N–H and O–H groups in total. The van der Waals surface area contributed by atoms with Gasteiger partial charge in [0.15, 0.2) is 5.82 Å². The fourth-order valence-electron chi connectivity index (χ4n) is 2.65. The minimum atomic E-state index is -4.48. The molecule has 0 atom stereocenters. The summed E-state index contributed by atoms with van der Waals surface area (Å²) in [6.07, 6.45) is -4.24. The molecule has 1 aromatic carbocycles. The second-order valence-electron chi connectivity index (χ2n) is 5.55. The van der Waals surface area contributed by atoms with Gasteiger partial charge in [0.25, 0.3) is 0 Å². The van der Waals surface area contributed by atoms with E-state index in [-0.39, 0.29) is 29.0 Å². The van der Waals surface area contributed by atoms with E-state index in [1.807, 2.05) is 0 Å². The Bertz CT molecular complexity index is 723. The molecule has 1 aliphatic heterocycles. The molecule has 0 spiro atoms. The predicted molar refractivity (Wildman–Crippen MR) is 81.6 cm³/mol. The fourth-order valence-corrected chi connectivity index (χ4v) is 2.65. The molecule has 1 amide bonds. The van der Waals surface area contributed by atoms with E-state index in [1.54, 1.807) is 0 Å². The second kappa shape index (κ2) is 6.78. The van der Waals surface area contributed by atoms with Crippen molar-refractivity contribution in [3.05, 3.63) is 23.8 Å². The number of ether oxygens (including phenoxy) is 1. The van der Waals surface area contributed by atoms with Crippen LogP contribution in [-0.2, 0) is 15.7 Å². The number of nitrogens with zero attached hydrogens (tertiary/aromatic N) is 2. The summed E-state index contributed by atoms with van der Waals surface area (Å²) in [5, 5.41) is 8.99.